The van der Waals surface area contributed by atoms with Crippen molar-refractivity contribution >= 4 is 11.8 Å². The van der Waals surface area contributed by atoms with Gasteiger partial charge in [0.05, 0.1) is 13.2 Å². The zero-order chi connectivity index (χ0) is 18.9. The Morgan fingerprint density at radius 1 is 1.27 bits per heavy atom. The SMILES string of the molecule is COc1ccc2c(c1)CCCC2NC(=O)C1CCC(C(F)(F)F)NC1=O. The van der Waals surface area contributed by atoms with Gasteiger partial charge in [-0.2, -0.15) is 13.2 Å². The molecule has 3 unspecified atom stereocenters. The second-order valence-electron chi connectivity index (χ2n) is 6.75. The molecule has 0 spiro atoms. The molecular formula is C18H21F3N2O3. The Morgan fingerprint density at radius 3 is 2.69 bits per heavy atom. The van der Waals surface area contributed by atoms with E-state index in [2.05, 4.69) is 5.32 Å². The first kappa shape index (κ1) is 18.5. The van der Waals surface area contributed by atoms with Crippen LogP contribution in [0.2, 0.25) is 0 Å². The number of methoxy groups -OCH3 is 1. The van der Waals surface area contributed by atoms with Crippen LogP contribution >= 0.6 is 0 Å². The summed E-state index contributed by atoms with van der Waals surface area (Å²) in [6.07, 6.45) is -2.41. The lowest BCUT2D eigenvalue weighted by molar-refractivity contribution is -0.171. The quantitative estimate of drug-likeness (QED) is 0.804. The molecular weight excluding hydrogens is 349 g/mol. The standard InChI is InChI=1S/C18H21F3N2O3/c1-26-11-5-6-12-10(9-11)3-2-4-14(12)22-16(24)13-7-8-15(18(19,20)21)23-17(13)25/h5-6,9,13-15H,2-4,7-8H2,1H3,(H,22,24)(H,23,25). The number of ether oxygens (including phenoxy) is 1. The zero-order valence-electron chi connectivity index (χ0n) is 14.4. The van der Waals surface area contributed by atoms with E-state index in [1.807, 2.05) is 23.5 Å². The summed E-state index contributed by atoms with van der Waals surface area (Å²) < 4.78 is 43.4. The molecule has 1 aromatic rings. The Balaban J connectivity index is 1.67. The minimum absolute atomic E-state index is 0.107. The Kier molecular flexibility index (Phi) is 5.11. The molecule has 1 aromatic carbocycles. The molecule has 142 valence electrons. The summed E-state index contributed by atoms with van der Waals surface area (Å²) in [5.41, 5.74) is 2.04. The summed E-state index contributed by atoms with van der Waals surface area (Å²) in [5, 5.41) is 4.76. The van der Waals surface area contributed by atoms with E-state index in [9.17, 15) is 22.8 Å². The monoisotopic (exact) mass is 370 g/mol. The minimum atomic E-state index is -4.49. The highest BCUT2D eigenvalue weighted by molar-refractivity contribution is 6.01. The molecule has 1 saturated heterocycles. The average Bonchev–Trinajstić information content (AvgIpc) is 2.60. The van der Waals surface area contributed by atoms with Crippen LogP contribution < -0.4 is 15.4 Å². The predicted octanol–water partition coefficient (Wildman–Crippen LogP) is 2.65. The van der Waals surface area contributed by atoms with E-state index in [0.717, 1.165) is 36.1 Å². The minimum Gasteiger partial charge on any atom is -0.497 e. The van der Waals surface area contributed by atoms with Crippen LogP contribution in [0.25, 0.3) is 0 Å². The molecule has 1 aliphatic carbocycles. The third-order valence-corrected chi connectivity index (χ3v) is 5.07. The zero-order valence-corrected chi connectivity index (χ0v) is 14.4. The molecule has 0 bridgehead atoms. The van der Waals surface area contributed by atoms with Crippen molar-refractivity contribution in [3.05, 3.63) is 29.3 Å². The number of rotatable bonds is 3. The number of nitrogens with one attached hydrogen (secondary N) is 2. The van der Waals surface area contributed by atoms with Crippen LogP contribution in [0.5, 0.6) is 5.75 Å². The number of carbonyl (C=O) groups excluding carboxylic acids is 2. The number of halogens is 3. The third-order valence-electron chi connectivity index (χ3n) is 5.07. The molecule has 5 nitrogen and oxygen atoms in total. The highest BCUT2D eigenvalue weighted by atomic mass is 19.4. The van der Waals surface area contributed by atoms with Crippen molar-refractivity contribution in [2.24, 2.45) is 5.92 Å². The first-order valence-corrected chi connectivity index (χ1v) is 8.64. The highest BCUT2D eigenvalue weighted by Crippen LogP contribution is 2.33. The number of amides is 2. The van der Waals surface area contributed by atoms with Gasteiger partial charge in [0.1, 0.15) is 17.7 Å². The van der Waals surface area contributed by atoms with Gasteiger partial charge in [-0.3, -0.25) is 9.59 Å². The third kappa shape index (κ3) is 3.78. The van der Waals surface area contributed by atoms with E-state index in [-0.39, 0.29) is 18.9 Å². The molecule has 0 saturated carbocycles. The molecule has 3 rings (SSSR count). The van der Waals surface area contributed by atoms with Crippen molar-refractivity contribution < 1.29 is 27.5 Å². The number of hydrogen-bond acceptors (Lipinski definition) is 3. The van der Waals surface area contributed by atoms with E-state index in [1.54, 1.807) is 7.11 Å². The van der Waals surface area contributed by atoms with Crippen LogP contribution in [-0.4, -0.2) is 31.1 Å². The van der Waals surface area contributed by atoms with Crippen molar-refractivity contribution in [1.29, 1.82) is 0 Å². The Bertz CT molecular complexity index is 705. The lowest BCUT2D eigenvalue weighted by Crippen LogP contribution is -2.54. The molecule has 0 aromatic heterocycles. The molecule has 1 heterocycles. The summed E-state index contributed by atoms with van der Waals surface area (Å²) in [4.78, 5) is 24.5. The Labute approximate surface area is 149 Å². The van der Waals surface area contributed by atoms with Crippen molar-refractivity contribution in [2.45, 2.75) is 50.4 Å². The van der Waals surface area contributed by atoms with Crippen molar-refractivity contribution in [2.75, 3.05) is 7.11 Å². The fourth-order valence-electron chi connectivity index (χ4n) is 3.64. The summed E-state index contributed by atoms with van der Waals surface area (Å²) in [5.74, 6) is -1.73. The lowest BCUT2D eigenvalue weighted by atomic mass is 9.86. The molecule has 26 heavy (non-hydrogen) atoms. The van der Waals surface area contributed by atoms with Gasteiger partial charge in [-0.1, -0.05) is 6.07 Å². The molecule has 1 aliphatic heterocycles. The van der Waals surface area contributed by atoms with E-state index in [1.165, 1.54) is 0 Å². The average molecular weight is 370 g/mol. The Morgan fingerprint density at radius 2 is 2.04 bits per heavy atom. The van der Waals surface area contributed by atoms with Gasteiger partial charge in [-0.25, -0.2) is 0 Å². The molecule has 8 heteroatoms. The lowest BCUT2D eigenvalue weighted by Gasteiger charge is -2.32. The van der Waals surface area contributed by atoms with Crippen molar-refractivity contribution in [3.8, 4) is 5.75 Å². The van der Waals surface area contributed by atoms with Crippen molar-refractivity contribution in [3.63, 3.8) is 0 Å². The molecule has 2 aliphatic rings. The number of aryl methyl sites for hydroxylation is 1. The molecule has 2 amide bonds. The van der Waals surface area contributed by atoms with E-state index in [4.69, 9.17) is 4.74 Å². The van der Waals surface area contributed by atoms with Crippen LogP contribution in [0, 0.1) is 5.92 Å². The van der Waals surface area contributed by atoms with Crippen LogP contribution in [0.4, 0.5) is 13.2 Å². The summed E-state index contributed by atoms with van der Waals surface area (Å²) in [7, 11) is 1.58. The van der Waals surface area contributed by atoms with Gasteiger partial charge < -0.3 is 15.4 Å². The van der Waals surface area contributed by atoms with Crippen LogP contribution in [0.3, 0.4) is 0 Å². The second-order valence-corrected chi connectivity index (χ2v) is 6.75. The molecule has 3 atom stereocenters. The first-order valence-electron chi connectivity index (χ1n) is 8.64. The topological polar surface area (TPSA) is 67.4 Å². The number of alkyl halides is 3. The van der Waals surface area contributed by atoms with Gasteiger partial charge in [-0.05, 0) is 55.4 Å². The van der Waals surface area contributed by atoms with Gasteiger partial charge in [0.2, 0.25) is 11.8 Å². The second kappa shape index (κ2) is 7.17. The maximum atomic E-state index is 12.7. The fourth-order valence-corrected chi connectivity index (χ4v) is 3.64. The van der Waals surface area contributed by atoms with Gasteiger partial charge in [0.25, 0.3) is 0 Å². The number of benzene rings is 1. The number of carbonyl (C=O) groups is 2. The largest absolute Gasteiger partial charge is 0.497 e. The van der Waals surface area contributed by atoms with E-state index in [0.29, 0.717) is 0 Å². The van der Waals surface area contributed by atoms with Crippen molar-refractivity contribution in [1.82, 2.24) is 10.6 Å². The van der Waals surface area contributed by atoms with Gasteiger partial charge in [0.15, 0.2) is 0 Å². The first-order chi connectivity index (χ1) is 12.3. The maximum Gasteiger partial charge on any atom is 0.408 e. The van der Waals surface area contributed by atoms with Gasteiger partial charge in [0, 0.05) is 0 Å². The number of fused-ring (bicyclic) bond motifs is 1. The smallest absolute Gasteiger partial charge is 0.408 e. The van der Waals surface area contributed by atoms with Crippen LogP contribution in [0.15, 0.2) is 18.2 Å². The predicted molar refractivity (Wildman–Crippen MR) is 87.5 cm³/mol. The van der Waals surface area contributed by atoms with Crippen LogP contribution in [-0.2, 0) is 16.0 Å². The molecule has 0 radical (unpaired) electrons. The Hall–Kier alpha value is -2.25. The normalized spacial score (nSPS) is 25.8. The summed E-state index contributed by atoms with van der Waals surface area (Å²) >= 11 is 0. The van der Waals surface area contributed by atoms with Gasteiger partial charge in [-0.15, -0.1) is 0 Å². The van der Waals surface area contributed by atoms with E-state index < -0.39 is 30.0 Å². The summed E-state index contributed by atoms with van der Waals surface area (Å²) in [6, 6.07) is 3.51. The van der Waals surface area contributed by atoms with Gasteiger partial charge >= 0.3 is 6.18 Å². The molecule has 2 N–H and O–H groups in total. The maximum absolute atomic E-state index is 12.7. The van der Waals surface area contributed by atoms with E-state index >= 15 is 0 Å². The van der Waals surface area contributed by atoms with Crippen LogP contribution in [0.1, 0.15) is 42.9 Å². The highest BCUT2D eigenvalue weighted by Gasteiger charge is 2.46. The number of hydrogen-bond donors (Lipinski definition) is 2. The summed E-state index contributed by atoms with van der Waals surface area (Å²) in [6.45, 7) is 0. The molecule has 1 fully saturated rings. The number of piperidine rings is 1. The fraction of sp³-hybridized carbons (Fsp3) is 0.556.